The van der Waals surface area contributed by atoms with E-state index in [2.05, 4.69) is 10.3 Å². The first-order valence-electron chi connectivity index (χ1n) is 8.57. The minimum atomic E-state index is -0.216. The number of aromatic nitrogens is 1. The lowest BCUT2D eigenvalue weighted by Crippen LogP contribution is -2.40. The molecule has 1 aliphatic heterocycles. The van der Waals surface area contributed by atoms with Gasteiger partial charge in [0.2, 0.25) is 5.91 Å². The normalized spacial score (nSPS) is 12.7. The molecule has 2 heterocycles. The quantitative estimate of drug-likeness (QED) is 0.758. The summed E-state index contributed by atoms with van der Waals surface area (Å²) in [6, 6.07) is 20.7. The van der Waals surface area contributed by atoms with E-state index in [1.807, 2.05) is 54.6 Å². The minimum Gasteiger partial charge on any atom is -0.350 e. The van der Waals surface area contributed by atoms with E-state index in [-0.39, 0.29) is 18.4 Å². The fraction of sp³-hybridized carbons (Fsp3) is 0.0952. The van der Waals surface area contributed by atoms with Crippen LogP contribution in [0.3, 0.4) is 0 Å². The third kappa shape index (κ3) is 3.71. The number of benzene rings is 2. The smallest absolute Gasteiger partial charge is 0.259 e. The number of carbonyl (C=O) groups is 2. The van der Waals surface area contributed by atoms with Gasteiger partial charge in [0, 0.05) is 17.6 Å². The summed E-state index contributed by atoms with van der Waals surface area (Å²) < 4.78 is 0. The highest BCUT2D eigenvalue weighted by Crippen LogP contribution is 2.39. The summed E-state index contributed by atoms with van der Waals surface area (Å²) in [6.07, 6.45) is 1.69. The zero-order valence-corrected chi connectivity index (χ0v) is 15.3. The van der Waals surface area contributed by atoms with E-state index >= 15 is 0 Å². The van der Waals surface area contributed by atoms with Crippen molar-refractivity contribution in [3.05, 3.63) is 84.1 Å². The number of hydrogen-bond acceptors (Lipinski definition) is 4. The summed E-state index contributed by atoms with van der Waals surface area (Å²) in [4.78, 5) is 32.4. The Morgan fingerprint density at radius 3 is 2.63 bits per heavy atom. The van der Waals surface area contributed by atoms with E-state index < -0.39 is 0 Å². The first-order chi connectivity index (χ1) is 13.2. The third-order valence-electron chi connectivity index (χ3n) is 4.25. The number of carbonyl (C=O) groups excluding carboxylic acids is 2. The summed E-state index contributed by atoms with van der Waals surface area (Å²) in [7, 11) is 0. The first kappa shape index (κ1) is 17.3. The van der Waals surface area contributed by atoms with Crippen molar-refractivity contribution >= 4 is 29.3 Å². The standard InChI is InChI=1S/C21H17N3O2S/c25-19(23-13-15-7-2-1-3-8-15)14-24-17-10-6-12-22-20(17)27-18-11-5-4-9-16(18)21(24)26/h1-12H,13-14H2,(H,23,25). The second kappa shape index (κ2) is 7.63. The number of hydrogen-bond donors (Lipinski definition) is 1. The zero-order valence-electron chi connectivity index (χ0n) is 14.5. The molecular weight excluding hydrogens is 358 g/mol. The number of fused-ring (bicyclic) bond motifs is 2. The second-order valence-corrected chi connectivity index (χ2v) is 7.11. The van der Waals surface area contributed by atoms with Crippen LogP contribution in [0, 0.1) is 0 Å². The van der Waals surface area contributed by atoms with Crippen molar-refractivity contribution in [3.63, 3.8) is 0 Å². The molecule has 1 N–H and O–H groups in total. The lowest BCUT2D eigenvalue weighted by molar-refractivity contribution is -0.119. The molecule has 0 radical (unpaired) electrons. The molecule has 134 valence electrons. The fourth-order valence-corrected chi connectivity index (χ4v) is 3.93. The number of amides is 2. The van der Waals surface area contributed by atoms with Gasteiger partial charge in [0.25, 0.3) is 5.91 Å². The van der Waals surface area contributed by atoms with Crippen molar-refractivity contribution in [2.45, 2.75) is 16.5 Å². The Balaban J connectivity index is 1.59. The topological polar surface area (TPSA) is 62.3 Å². The molecule has 3 aromatic rings. The lowest BCUT2D eigenvalue weighted by atomic mass is 10.2. The monoisotopic (exact) mass is 375 g/mol. The van der Waals surface area contributed by atoms with Gasteiger partial charge in [0.1, 0.15) is 11.6 Å². The fourth-order valence-electron chi connectivity index (χ4n) is 2.91. The van der Waals surface area contributed by atoms with Crippen LogP contribution >= 0.6 is 11.8 Å². The van der Waals surface area contributed by atoms with Crippen LogP contribution in [0.5, 0.6) is 0 Å². The maximum atomic E-state index is 13.1. The molecule has 0 unspecified atom stereocenters. The van der Waals surface area contributed by atoms with Gasteiger partial charge in [-0.25, -0.2) is 4.98 Å². The molecule has 2 aromatic carbocycles. The van der Waals surface area contributed by atoms with Crippen LogP contribution < -0.4 is 10.2 Å². The molecule has 0 aliphatic carbocycles. The summed E-state index contributed by atoms with van der Waals surface area (Å²) in [5, 5.41) is 3.60. The Morgan fingerprint density at radius 1 is 1.00 bits per heavy atom. The van der Waals surface area contributed by atoms with Crippen molar-refractivity contribution in [3.8, 4) is 0 Å². The van der Waals surface area contributed by atoms with Crippen LogP contribution in [-0.2, 0) is 11.3 Å². The maximum absolute atomic E-state index is 13.1. The van der Waals surface area contributed by atoms with Gasteiger partial charge in [-0.2, -0.15) is 0 Å². The van der Waals surface area contributed by atoms with Crippen molar-refractivity contribution in [1.29, 1.82) is 0 Å². The van der Waals surface area contributed by atoms with E-state index in [4.69, 9.17) is 0 Å². The summed E-state index contributed by atoms with van der Waals surface area (Å²) in [5.74, 6) is -0.411. The molecular formula is C21H17N3O2S. The maximum Gasteiger partial charge on any atom is 0.259 e. The van der Waals surface area contributed by atoms with Gasteiger partial charge in [-0.05, 0) is 29.8 Å². The highest BCUT2D eigenvalue weighted by molar-refractivity contribution is 7.99. The van der Waals surface area contributed by atoms with Crippen molar-refractivity contribution in [2.75, 3.05) is 11.4 Å². The van der Waals surface area contributed by atoms with Gasteiger partial charge in [-0.15, -0.1) is 0 Å². The average Bonchev–Trinajstić information content (AvgIpc) is 2.82. The molecule has 0 bridgehead atoms. The van der Waals surface area contributed by atoms with Crippen LogP contribution in [0.1, 0.15) is 15.9 Å². The molecule has 0 saturated heterocycles. The number of nitrogens with one attached hydrogen (secondary N) is 1. The van der Waals surface area contributed by atoms with Crippen LogP contribution in [0.15, 0.2) is 82.8 Å². The third-order valence-corrected chi connectivity index (χ3v) is 5.33. The SMILES string of the molecule is O=C(CN1C(=O)c2ccccc2Sc2ncccc21)NCc1ccccc1. The zero-order chi connectivity index (χ0) is 18.6. The summed E-state index contributed by atoms with van der Waals surface area (Å²) in [5.41, 5.74) is 2.24. The number of rotatable bonds is 4. The molecule has 0 spiro atoms. The Hall–Kier alpha value is -3.12. The second-order valence-electron chi connectivity index (χ2n) is 6.08. The van der Waals surface area contributed by atoms with E-state index in [0.29, 0.717) is 22.8 Å². The van der Waals surface area contributed by atoms with Crippen LogP contribution in [0.4, 0.5) is 5.69 Å². The molecule has 2 amide bonds. The predicted octanol–water partition coefficient (Wildman–Crippen LogP) is 3.51. The summed E-state index contributed by atoms with van der Waals surface area (Å²) >= 11 is 1.44. The lowest BCUT2D eigenvalue weighted by Gasteiger charge is -2.22. The molecule has 1 aromatic heterocycles. The summed E-state index contributed by atoms with van der Waals surface area (Å²) in [6.45, 7) is 0.367. The average molecular weight is 375 g/mol. The van der Waals surface area contributed by atoms with Gasteiger partial charge in [0.15, 0.2) is 0 Å². The molecule has 1 aliphatic rings. The van der Waals surface area contributed by atoms with Gasteiger partial charge in [-0.1, -0.05) is 54.2 Å². The van der Waals surface area contributed by atoms with Crippen LogP contribution in [-0.4, -0.2) is 23.3 Å². The van der Waals surface area contributed by atoms with Gasteiger partial charge < -0.3 is 5.32 Å². The largest absolute Gasteiger partial charge is 0.350 e. The van der Waals surface area contributed by atoms with E-state index in [9.17, 15) is 9.59 Å². The number of pyridine rings is 1. The highest BCUT2D eigenvalue weighted by atomic mass is 32.2. The van der Waals surface area contributed by atoms with Gasteiger partial charge in [0.05, 0.1) is 11.3 Å². The van der Waals surface area contributed by atoms with E-state index in [1.54, 1.807) is 18.3 Å². The minimum absolute atomic E-state index is 0.0563. The van der Waals surface area contributed by atoms with E-state index in [0.717, 1.165) is 10.5 Å². The number of nitrogens with zero attached hydrogens (tertiary/aromatic N) is 2. The molecule has 4 rings (SSSR count). The molecule has 5 nitrogen and oxygen atoms in total. The molecule has 0 saturated carbocycles. The van der Waals surface area contributed by atoms with Crippen molar-refractivity contribution < 1.29 is 9.59 Å². The van der Waals surface area contributed by atoms with E-state index in [1.165, 1.54) is 16.7 Å². The van der Waals surface area contributed by atoms with Crippen LogP contribution in [0.25, 0.3) is 0 Å². The molecule has 0 atom stereocenters. The Bertz CT molecular complexity index is 991. The first-order valence-corrected chi connectivity index (χ1v) is 9.38. The van der Waals surface area contributed by atoms with Crippen molar-refractivity contribution in [2.24, 2.45) is 0 Å². The van der Waals surface area contributed by atoms with Crippen LogP contribution in [0.2, 0.25) is 0 Å². The van der Waals surface area contributed by atoms with Crippen molar-refractivity contribution in [1.82, 2.24) is 10.3 Å². The van der Waals surface area contributed by atoms with Gasteiger partial charge in [-0.3, -0.25) is 14.5 Å². The number of anilines is 1. The highest BCUT2D eigenvalue weighted by Gasteiger charge is 2.29. The predicted molar refractivity (Wildman–Crippen MR) is 105 cm³/mol. The Morgan fingerprint density at radius 2 is 1.78 bits per heavy atom. The molecule has 27 heavy (non-hydrogen) atoms. The molecule has 6 heteroatoms. The van der Waals surface area contributed by atoms with Gasteiger partial charge >= 0.3 is 0 Å². The Kier molecular flexibility index (Phi) is 4.89. The molecule has 0 fully saturated rings. The Labute approximate surface area is 161 Å².